The third-order valence-corrected chi connectivity index (χ3v) is 4.93. The molecule has 1 fully saturated rings. The topological polar surface area (TPSA) is 122 Å². The van der Waals surface area contributed by atoms with E-state index in [9.17, 15) is 14.0 Å². The van der Waals surface area contributed by atoms with Crippen LogP contribution in [-0.4, -0.2) is 74.5 Å². The van der Waals surface area contributed by atoms with Crippen LogP contribution in [0.4, 0.5) is 25.5 Å². The smallest absolute Gasteiger partial charge is 0.414 e. The lowest BCUT2D eigenvalue weighted by Crippen LogP contribution is -2.34. The Morgan fingerprint density at radius 2 is 2.25 bits per heavy atom. The molecule has 1 atom stereocenters. The molecule has 0 saturated carbocycles. The maximum atomic E-state index is 14.9. The van der Waals surface area contributed by atoms with E-state index < -0.39 is 24.1 Å². The van der Waals surface area contributed by atoms with Crippen LogP contribution in [0.5, 0.6) is 0 Å². The molecule has 1 unspecified atom stereocenters. The molecule has 4 N–H and O–H groups in total. The second-order valence-electron chi connectivity index (χ2n) is 7.00. The van der Waals surface area contributed by atoms with E-state index in [0.29, 0.717) is 29.2 Å². The lowest BCUT2D eigenvalue weighted by Gasteiger charge is -2.14. The van der Waals surface area contributed by atoms with Gasteiger partial charge in [0.1, 0.15) is 18.1 Å². The molecule has 10 nitrogen and oxygen atoms in total. The Balaban J connectivity index is 1.71. The number of amides is 2. The predicted molar refractivity (Wildman–Crippen MR) is 117 cm³/mol. The number of hydrogen-bond acceptors (Lipinski definition) is 6. The third-order valence-electron chi connectivity index (χ3n) is 4.93. The number of likely N-dealkylation sites (N-methyl/N-ethyl adjacent to an activating group) is 1. The number of nitrogens with zero attached hydrogens (tertiary/aromatic N) is 3. The Bertz CT molecular complexity index is 998. The van der Waals surface area contributed by atoms with Crippen LogP contribution in [0.25, 0.3) is 11.1 Å². The summed E-state index contributed by atoms with van der Waals surface area (Å²) in [6.45, 7) is 1.64. The van der Waals surface area contributed by atoms with Crippen LogP contribution in [0.2, 0.25) is 0 Å². The lowest BCUT2D eigenvalue weighted by atomic mass is 10.1. The molecule has 1 aromatic carbocycles. The van der Waals surface area contributed by atoms with E-state index in [1.807, 2.05) is 7.05 Å². The minimum absolute atomic E-state index is 0.0963. The summed E-state index contributed by atoms with van der Waals surface area (Å²) in [7, 11) is 3.09. The van der Waals surface area contributed by atoms with Gasteiger partial charge in [0.05, 0.1) is 32.4 Å². The van der Waals surface area contributed by atoms with Crippen LogP contribution in [-0.2, 0) is 9.47 Å². The average molecular weight is 445 g/mol. The number of nitrogens with two attached hydrogens (primary N) is 1. The molecule has 2 aromatic rings. The fourth-order valence-corrected chi connectivity index (χ4v) is 3.23. The average Bonchev–Trinajstić information content (AvgIpc) is 3.18. The van der Waals surface area contributed by atoms with Crippen molar-refractivity contribution in [1.82, 2.24) is 15.6 Å². The highest BCUT2D eigenvalue weighted by Crippen LogP contribution is 2.29. The minimum Gasteiger partial charge on any atom is -0.453 e. The fourth-order valence-electron chi connectivity index (χ4n) is 3.23. The molecule has 2 heterocycles. The number of benzene rings is 1. The normalized spacial score (nSPS) is 16.1. The lowest BCUT2D eigenvalue weighted by molar-refractivity contribution is -0.438. The molecule has 1 aliphatic heterocycles. The van der Waals surface area contributed by atoms with Crippen LogP contribution < -0.4 is 21.3 Å². The zero-order valence-corrected chi connectivity index (χ0v) is 17.9. The van der Waals surface area contributed by atoms with Crippen molar-refractivity contribution < 1.29 is 28.0 Å². The number of methoxy groups -OCH3 is 1. The molecule has 0 bridgehead atoms. The number of rotatable bonds is 8. The highest BCUT2D eigenvalue weighted by Gasteiger charge is 2.33. The Morgan fingerprint density at radius 3 is 2.88 bits per heavy atom. The molecule has 170 valence electrons. The standard InChI is InChI=1S/C21H25FN6O4/c1-24-7-8-27(13-23)19-6-3-14(10-25-19)17-5-4-15(9-18(17)22)28-12-16(32-21(28)30)11-26-20(29)31-2/h3-6,9-10,13,16,23-24H,7-8,11-12H2,1-2H3,(H,26,29)/p+1. The quantitative estimate of drug-likeness (QED) is 0.319. The summed E-state index contributed by atoms with van der Waals surface area (Å²) >= 11 is 0. The van der Waals surface area contributed by atoms with Crippen molar-refractivity contribution in [2.75, 3.05) is 45.2 Å². The first kappa shape index (κ1) is 22.9. The number of anilines is 1. The number of carbonyl (C=O) groups is 2. The molecule has 32 heavy (non-hydrogen) atoms. The molecule has 2 amide bonds. The summed E-state index contributed by atoms with van der Waals surface area (Å²) in [6, 6.07) is 8.01. The van der Waals surface area contributed by atoms with Crippen LogP contribution in [0, 0.1) is 5.82 Å². The SMILES string of the molecule is CNCC[N+](=CN)c1ccc(-c2ccc(N3CC(CNC(=O)OC)OC3=O)cc2F)cn1. The van der Waals surface area contributed by atoms with Gasteiger partial charge in [0.15, 0.2) is 6.34 Å². The van der Waals surface area contributed by atoms with Gasteiger partial charge in [-0.2, -0.15) is 0 Å². The van der Waals surface area contributed by atoms with Gasteiger partial charge >= 0.3 is 12.2 Å². The summed E-state index contributed by atoms with van der Waals surface area (Å²) in [4.78, 5) is 29.0. The van der Waals surface area contributed by atoms with Crippen molar-refractivity contribution in [3.05, 3.63) is 42.3 Å². The zero-order valence-electron chi connectivity index (χ0n) is 17.9. The van der Waals surface area contributed by atoms with E-state index in [1.165, 1.54) is 24.4 Å². The van der Waals surface area contributed by atoms with Crippen LogP contribution in [0.15, 0.2) is 36.5 Å². The van der Waals surface area contributed by atoms with E-state index >= 15 is 0 Å². The number of ether oxygens (including phenoxy) is 2. The van der Waals surface area contributed by atoms with E-state index in [-0.39, 0.29) is 13.1 Å². The van der Waals surface area contributed by atoms with Gasteiger partial charge in [0.2, 0.25) is 0 Å². The first-order valence-corrected chi connectivity index (χ1v) is 9.99. The van der Waals surface area contributed by atoms with Crippen molar-refractivity contribution >= 4 is 30.0 Å². The predicted octanol–water partition coefficient (Wildman–Crippen LogP) is 1.42. The monoisotopic (exact) mass is 445 g/mol. The van der Waals surface area contributed by atoms with Crippen molar-refractivity contribution in [3.8, 4) is 11.1 Å². The van der Waals surface area contributed by atoms with Gasteiger partial charge in [0, 0.05) is 23.7 Å². The van der Waals surface area contributed by atoms with Gasteiger partial charge in [-0.05, 0) is 31.3 Å². The summed E-state index contributed by atoms with van der Waals surface area (Å²) in [5.74, 6) is 0.147. The second kappa shape index (κ2) is 10.5. The zero-order chi connectivity index (χ0) is 23.1. The summed E-state index contributed by atoms with van der Waals surface area (Å²) < 4.78 is 26.4. The molecule has 3 rings (SSSR count). The third kappa shape index (κ3) is 5.30. The Hall–Kier alpha value is -3.73. The van der Waals surface area contributed by atoms with Crippen molar-refractivity contribution in [3.63, 3.8) is 0 Å². The molecule has 1 aliphatic rings. The molecule has 0 spiro atoms. The Morgan fingerprint density at radius 1 is 1.44 bits per heavy atom. The van der Waals surface area contributed by atoms with Gasteiger partial charge in [-0.3, -0.25) is 4.90 Å². The molecular weight excluding hydrogens is 419 g/mol. The van der Waals surface area contributed by atoms with Gasteiger partial charge < -0.3 is 25.8 Å². The van der Waals surface area contributed by atoms with Gasteiger partial charge in [0.25, 0.3) is 5.82 Å². The van der Waals surface area contributed by atoms with Gasteiger partial charge in [-0.1, -0.05) is 0 Å². The summed E-state index contributed by atoms with van der Waals surface area (Å²) in [6.07, 6.45) is 1.22. The fraction of sp³-hybridized carbons (Fsp3) is 0.333. The highest BCUT2D eigenvalue weighted by molar-refractivity contribution is 5.90. The van der Waals surface area contributed by atoms with Crippen LogP contribution in [0.1, 0.15) is 0 Å². The van der Waals surface area contributed by atoms with E-state index in [0.717, 1.165) is 6.54 Å². The molecule has 0 radical (unpaired) electrons. The maximum absolute atomic E-state index is 14.9. The first-order valence-electron chi connectivity index (χ1n) is 9.99. The molecular formula is C21H26FN6O4+. The molecule has 1 saturated heterocycles. The number of nitrogens with one attached hydrogen (secondary N) is 2. The number of cyclic esters (lactones) is 1. The Kier molecular flexibility index (Phi) is 7.55. The largest absolute Gasteiger partial charge is 0.453 e. The van der Waals surface area contributed by atoms with Crippen LogP contribution >= 0.6 is 0 Å². The van der Waals surface area contributed by atoms with E-state index in [1.54, 1.807) is 35.0 Å². The van der Waals surface area contributed by atoms with Crippen molar-refractivity contribution in [1.29, 1.82) is 0 Å². The number of pyridine rings is 1. The van der Waals surface area contributed by atoms with Crippen molar-refractivity contribution in [2.45, 2.75) is 6.10 Å². The highest BCUT2D eigenvalue weighted by atomic mass is 19.1. The number of alkyl carbamates (subject to hydrolysis) is 1. The van der Waals surface area contributed by atoms with E-state index in [4.69, 9.17) is 10.5 Å². The number of carbonyl (C=O) groups excluding carboxylic acids is 2. The maximum Gasteiger partial charge on any atom is 0.414 e. The number of hydrogen-bond donors (Lipinski definition) is 3. The summed E-state index contributed by atoms with van der Waals surface area (Å²) in [5, 5.41) is 5.51. The number of halogens is 1. The minimum atomic E-state index is -0.621. The first-order chi connectivity index (χ1) is 15.5. The molecule has 1 aromatic heterocycles. The summed E-state index contributed by atoms with van der Waals surface area (Å²) in [5.41, 5.74) is 6.96. The molecule has 11 heteroatoms. The second-order valence-corrected chi connectivity index (χ2v) is 7.00. The van der Waals surface area contributed by atoms with Gasteiger partial charge in [-0.15, -0.1) is 4.98 Å². The van der Waals surface area contributed by atoms with Gasteiger partial charge in [-0.25, -0.2) is 18.6 Å². The number of aromatic nitrogens is 1. The van der Waals surface area contributed by atoms with E-state index in [2.05, 4.69) is 20.4 Å². The molecule has 0 aliphatic carbocycles. The van der Waals surface area contributed by atoms with Crippen LogP contribution in [0.3, 0.4) is 0 Å². The Labute approximate surface area is 184 Å². The van der Waals surface area contributed by atoms with Crippen molar-refractivity contribution in [2.24, 2.45) is 5.73 Å².